The average Bonchev–Trinajstić information content (AvgIpc) is 3.30. The van der Waals surface area contributed by atoms with Crippen LogP contribution in [0.2, 0.25) is 0 Å². The van der Waals surface area contributed by atoms with Crippen LogP contribution >= 0.6 is 0 Å². The van der Waals surface area contributed by atoms with Crippen LogP contribution in [0.1, 0.15) is 83.4 Å². The number of carbonyl (C=O) groups is 1. The zero-order chi connectivity index (χ0) is 26.8. The van der Waals surface area contributed by atoms with Crippen molar-refractivity contribution in [3.05, 3.63) is 63.6 Å². The molecule has 1 aromatic heterocycles. The highest BCUT2D eigenvalue weighted by atomic mass is 16.6. The Morgan fingerprint density at radius 1 is 1.14 bits per heavy atom. The van der Waals surface area contributed by atoms with Gasteiger partial charge in [0.15, 0.2) is 5.54 Å². The second kappa shape index (κ2) is 13.4. The number of imidazole rings is 1. The highest BCUT2D eigenvalue weighted by molar-refractivity contribution is 5.88. The molecule has 0 fully saturated rings. The summed E-state index contributed by atoms with van der Waals surface area (Å²) >= 11 is 0. The number of nitro benzene ring substituents is 1. The van der Waals surface area contributed by atoms with Crippen molar-refractivity contribution < 1.29 is 14.5 Å². The molecule has 202 valence electrons. The number of methoxy groups -OCH3 is 1. The number of rotatable bonds is 15. The van der Waals surface area contributed by atoms with E-state index in [0.717, 1.165) is 37.3 Å². The van der Waals surface area contributed by atoms with Gasteiger partial charge in [-0.25, -0.2) is 9.78 Å². The number of allylic oxidation sites excluding steroid dienone is 1. The molecule has 1 aliphatic heterocycles. The lowest BCUT2D eigenvalue weighted by Crippen LogP contribution is -2.46. The Morgan fingerprint density at radius 3 is 2.41 bits per heavy atom. The molecule has 0 bridgehead atoms. The number of hydrogen-bond acceptors (Lipinski definition) is 7. The lowest BCUT2D eigenvalue weighted by molar-refractivity contribution is -0.384. The van der Waals surface area contributed by atoms with E-state index in [4.69, 9.17) is 4.74 Å². The molecule has 9 heteroatoms. The summed E-state index contributed by atoms with van der Waals surface area (Å²) in [6, 6.07) is 6.22. The van der Waals surface area contributed by atoms with Gasteiger partial charge in [0.05, 0.1) is 23.9 Å². The third-order valence-electron chi connectivity index (χ3n) is 6.96. The number of hydrogen-bond donors (Lipinski definition) is 1. The van der Waals surface area contributed by atoms with Crippen molar-refractivity contribution in [1.82, 2.24) is 14.5 Å². The highest BCUT2D eigenvalue weighted by Crippen LogP contribution is 2.40. The maximum Gasteiger partial charge on any atom is 0.341 e. The van der Waals surface area contributed by atoms with Crippen LogP contribution in [0.4, 0.5) is 11.6 Å². The van der Waals surface area contributed by atoms with Gasteiger partial charge in [0.2, 0.25) is 5.95 Å². The Bertz CT molecular complexity index is 1080. The van der Waals surface area contributed by atoms with E-state index in [0.29, 0.717) is 18.1 Å². The standard InChI is InChI=1S/C28H41N5O4/c1-5-7-9-11-16-31(17-12-10-8-6-2)21-25-20-29-27-30-22(3)19-28(32(25)27,26(34)37-4)23-14-13-15-24(18-23)33(35)36/h13-15,18-20H,5-12,16-17,21H2,1-4H3,(H,29,30). The number of esters is 1. The molecule has 3 rings (SSSR count). The Hall–Kier alpha value is -3.20. The molecule has 1 atom stereocenters. The van der Waals surface area contributed by atoms with E-state index in [-0.39, 0.29) is 5.69 Å². The zero-order valence-corrected chi connectivity index (χ0v) is 22.7. The Balaban J connectivity index is 2.04. The fourth-order valence-electron chi connectivity index (χ4n) is 5.09. The molecular formula is C28H41N5O4. The van der Waals surface area contributed by atoms with E-state index < -0.39 is 16.4 Å². The Morgan fingerprint density at radius 2 is 1.81 bits per heavy atom. The number of aromatic nitrogens is 2. The van der Waals surface area contributed by atoms with Gasteiger partial charge in [-0.15, -0.1) is 0 Å². The van der Waals surface area contributed by atoms with Crippen molar-refractivity contribution in [2.45, 2.75) is 84.2 Å². The van der Waals surface area contributed by atoms with Crippen molar-refractivity contribution in [3.8, 4) is 0 Å². The minimum atomic E-state index is -1.41. The minimum absolute atomic E-state index is 0.0814. The third-order valence-corrected chi connectivity index (χ3v) is 6.96. The first kappa shape index (κ1) is 28.4. The van der Waals surface area contributed by atoms with Gasteiger partial charge >= 0.3 is 5.97 Å². The van der Waals surface area contributed by atoms with Gasteiger partial charge in [0, 0.05) is 29.9 Å². The fraction of sp³-hybridized carbons (Fsp3) is 0.571. The van der Waals surface area contributed by atoms with Crippen LogP contribution in [0.5, 0.6) is 0 Å². The molecule has 1 aromatic carbocycles. The number of nitro groups is 1. The molecule has 37 heavy (non-hydrogen) atoms. The average molecular weight is 512 g/mol. The van der Waals surface area contributed by atoms with Gasteiger partial charge in [-0.3, -0.25) is 19.6 Å². The summed E-state index contributed by atoms with van der Waals surface area (Å²) in [4.78, 5) is 31.8. The van der Waals surface area contributed by atoms with Gasteiger partial charge in [-0.2, -0.15) is 0 Å². The van der Waals surface area contributed by atoms with Crippen LogP contribution < -0.4 is 5.32 Å². The van der Waals surface area contributed by atoms with Gasteiger partial charge in [-0.05, 0) is 38.9 Å². The number of non-ortho nitro benzene ring substituents is 1. The molecule has 1 unspecified atom stereocenters. The van der Waals surface area contributed by atoms with Crippen LogP contribution in [0.25, 0.3) is 0 Å². The number of fused-ring (bicyclic) bond motifs is 1. The van der Waals surface area contributed by atoms with E-state index >= 15 is 0 Å². The quantitative estimate of drug-likeness (QED) is 0.135. The van der Waals surface area contributed by atoms with Crippen LogP contribution in [0, 0.1) is 10.1 Å². The number of benzene rings is 1. The summed E-state index contributed by atoms with van der Waals surface area (Å²) in [6.07, 6.45) is 13.0. The molecule has 9 nitrogen and oxygen atoms in total. The molecular weight excluding hydrogens is 470 g/mol. The molecule has 0 amide bonds. The molecule has 0 saturated heterocycles. The number of anilines is 1. The fourth-order valence-corrected chi connectivity index (χ4v) is 5.09. The largest absolute Gasteiger partial charge is 0.467 e. The minimum Gasteiger partial charge on any atom is -0.467 e. The molecule has 0 spiro atoms. The monoisotopic (exact) mass is 511 g/mol. The summed E-state index contributed by atoms with van der Waals surface area (Å²) in [5.74, 6) is -0.00406. The zero-order valence-electron chi connectivity index (χ0n) is 22.7. The summed E-state index contributed by atoms with van der Waals surface area (Å²) in [7, 11) is 1.34. The molecule has 1 aliphatic rings. The van der Waals surface area contributed by atoms with Crippen LogP contribution in [-0.4, -0.2) is 45.5 Å². The molecule has 0 saturated carbocycles. The SMILES string of the molecule is CCCCCCN(CCCCCC)Cc1cnc2n1C(C(=O)OC)(c1cccc([N+](=O)[O-])c1)C=C(C)N2. The van der Waals surface area contributed by atoms with Crippen molar-refractivity contribution >= 4 is 17.6 Å². The summed E-state index contributed by atoms with van der Waals surface area (Å²) in [5, 5.41) is 14.8. The van der Waals surface area contributed by atoms with Gasteiger partial charge in [0.25, 0.3) is 5.69 Å². The number of nitrogens with one attached hydrogen (secondary N) is 1. The van der Waals surface area contributed by atoms with Crippen molar-refractivity contribution in [2.75, 3.05) is 25.5 Å². The normalized spacial score (nSPS) is 16.7. The number of carbonyl (C=O) groups excluding carboxylic acids is 1. The lowest BCUT2D eigenvalue weighted by atomic mass is 9.86. The first-order chi connectivity index (χ1) is 17.9. The number of unbranched alkanes of at least 4 members (excludes halogenated alkanes) is 6. The second-order valence-corrected chi connectivity index (χ2v) is 9.82. The molecule has 2 heterocycles. The van der Waals surface area contributed by atoms with E-state index in [1.807, 2.05) is 11.5 Å². The smallest absolute Gasteiger partial charge is 0.341 e. The van der Waals surface area contributed by atoms with Gasteiger partial charge < -0.3 is 10.1 Å². The van der Waals surface area contributed by atoms with Crippen LogP contribution in [0.15, 0.2) is 42.2 Å². The molecule has 0 aliphatic carbocycles. The summed E-state index contributed by atoms with van der Waals surface area (Å²) in [5.41, 5.74) is 0.550. The van der Waals surface area contributed by atoms with Gasteiger partial charge in [0.1, 0.15) is 0 Å². The third kappa shape index (κ3) is 6.57. The predicted octanol–water partition coefficient (Wildman–Crippen LogP) is 6.00. The number of nitrogens with zero attached hydrogens (tertiary/aromatic N) is 4. The second-order valence-electron chi connectivity index (χ2n) is 9.82. The molecule has 0 radical (unpaired) electrons. The Kier molecular flexibility index (Phi) is 10.3. The van der Waals surface area contributed by atoms with E-state index in [2.05, 4.69) is 29.0 Å². The van der Waals surface area contributed by atoms with Crippen LogP contribution in [0.3, 0.4) is 0 Å². The highest BCUT2D eigenvalue weighted by Gasteiger charge is 2.47. The van der Waals surface area contributed by atoms with Crippen molar-refractivity contribution in [2.24, 2.45) is 0 Å². The van der Waals surface area contributed by atoms with Crippen LogP contribution in [-0.2, 0) is 21.6 Å². The topological polar surface area (TPSA) is 103 Å². The first-order valence-corrected chi connectivity index (χ1v) is 13.5. The summed E-state index contributed by atoms with van der Waals surface area (Å²) in [6.45, 7) is 8.83. The maximum atomic E-state index is 13.6. The van der Waals surface area contributed by atoms with E-state index in [1.165, 1.54) is 57.8 Å². The predicted molar refractivity (Wildman–Crippen MR) is 145 cm³/mol. The van der Waals surface area contributed by atoms with Crippen molar-refractivity contribution in [3.63, 3.8) is 0 Å². The number of ether oxygens (including phenoxy) is 1. The summed E-state index contributed by atoms with van der Waals surface area (Å²) < 4.78 is 7.18. The maximum absolute atomic E-state index is 13.6. The van der Waals surface area contributed by atoms with Crippen molar-refractivity contribution in [1.29, 1.82) is 0 Å². The first-order valence-electron chi connectivity index (χ1n) is 13.5. The van der Waals surface area contributed by atoms with Gasteiger partial charge in [-0.1, -0.05) is 64.5 Å². The van der Waals surface area contributed by atoms with E-state index in [9.17, 15) is 14.9 Å². The lowest BCUT2D eigenvalue weighted by Gasteiger charge is -2.37. The molecule has 1 N–H and O–H groups in total. The Labute approximate surface area is 220 Å². The van der Waals surface area contributed by atoms with E-state index in [1.54, 1.807) is 24.4 Å². The molecule has 2 aromatic rings.